The van der Waals surface area contributed by atoms with Gasteiger partial charge in [-0.15, -0.1) is 0 Å². The van der Waals surface area contributed by atoms with Gasteiger partial charge in [-0.25, -0.2) is 0 Å². The van der Waals surface area contributed by atoms with Crippen LogP contribution >= 0.6 is 11.6 Å². The predicted molar refractivity (Wildman–Crippen MR) is 98.1 cm³/mol. The van der Waals surface area contributed by atoms with Crippen LogP contribution in [0.4, 0.5) is 0 Å². The molecule has 134 valence electrons. The third-order valence-corrected chi connectivity index (χ3v) is 5.51. The fourth-order valence-electron chi connectivity index (χ4n) is 3.42. The molecule has 2 heterocycles. The van der Waals surface area contributed by atoms with Crippen molar-refractivity contribution < 1.29 is 9.90 Å². The van der Waals surface area contributed by atoms with Gasteiger partial charge in [-0.1, -0.05) is 23.7 Å². The van der Waals surface area contributed by atoms with Crippen molar-refractivity contribution in [3.05, 3.63) is 46.2 Å². The highest BCUT2D eigenvalue weighted by Gasteiger charge is 2.30. The SMILES string of the molecule is Cc1c(Cl)c(C(=O)N2CCCC[C@H]2CCc2ccc(O)cc2)nn1C. The van der Waals surface area contributed by atoms with Gasteiger partial charge in [-0.05, 0) is 56.7 Å². The second-order valence-corrected chi connectivity index (χ2v) is 7.10. The number of aryl methyl sites for hydroxylation is 2. The molecular weight excluding hydrogens is 338 g/mol. The zero-order valence-corrected chi connectivity index (χ0v) is 15.5. The molecule has 1 saturated heterocycles. The molecule has 1 aromatic heterocycles. The van der Waals surface area contributed by atoms with Crippen molar-refractivity contribution in [2.75, 3.05) is 6.54 Å². The van der Waals surface area contributed by atoms with Crippen LogP contribution in [0, 0.1) is 6.92 Å². The van der Waals surface area contributed by atoms with Gasteiger partial charge in [0.05, 0.1) is 10.7 Å². The van der Waals surface area contributed by atoms with Gasteiger partial charge in [0, 0.05) is 19.6 Å². The van der Waals surface area contributed by atoms with Crippen molar-refractivity contribution in [1.82, 2.24) is 14.7 Å². The van der Waals surface area contributed by atoms with Gasteiger partial charge >= 0.3 is 0 Å². The molecule has 1 aliphatic rings. The molecule has 2 aromatic rings. The minimum atomic E-state index is -0.0656. The van der Waals surface area contributed by atoms with E-state index in [1.54, 1.807) is 23.9 Å². The molecule has 1 aromatic carbocycles. The van der Waals surface area contributed by atoms with E-state index in [1.165, 1.54) is 5.56 Å². The molecular formula is C19H24ClN3O2. The lowest BCUT2D eigenvalue weighted by Crippen LogP contribution is -2.44. The molecule has 5 nitrogen and oxygen atoms in total. The molecule has 6 heteroatoms. The number of amides is 1. The van der Waals surface area contributed by atoms with E-state index in [2.05, 4.69) is 5.10 Å². The Morgan fingerprint density at radius 3 is 2.68 bits per heavy atom. The molecule has 0 spiro atoms. The number of likely N-dealkylation sites (tertiary alicyclic amines) is 1. The first kappa shape index (κ1) is 17.8. The number of hydrogen-bond donors (Lipinski definition) is 1. The van der Waals surface area contributed by atoms with Crippen molar-refractivity contribution in [2.24, 2.45) is 7.05 Å². The summed E-state index contributed by atoms with van der Waals surface area (Å²) in [7, 11) is 1.80. The smallest absolute Gasteiger partial charge is 0.276 e. The summed E-state index contributed by atoms with van der Waals surface area (Å²) in [5.74, 6) is 0.211. The number of hydrogen-bond acceptors (Lipinski definition) is 3. The Kier molecular flexibility index (Phi) is 5.33. The highest BCUT2D eigenvalue weighted by atomic mass is 35.5. The third kappa shape index (κ3) is 3.82. The van der Waals surface area contributed by atoms with Crippen LogP contribution in [0.2, 0.25) is 5.02 Å². The summed E-state index contributed by atoms with van der Waals surface area (Å²) < 4.78 is 1.66. The summed E-state index contributed by atoms with van der Waals surface area (Å²) in [6.45, 7) is 2.62. The zero-order chi connectivity index (χ0) is 18.0. The standard InChI is InChI=1S/C19H24ClN3O2/c1-13-17(20)18(21-22(13)2)19(25)23-12-4-3-5-15(23)9-6-14-7-10-16(24)11-8-14/h7-8,10-11,15,24H,3-6,9,12H2,1-2H3/t15-/m0/s1. The molecule has 0 unspecified atom stereocenters. The van der Waals surface area contributed by atoms with Crippen LogP contribution in [0.1, 0.15) is 47.4 Å². The summed E-state index contributed by atoms with van der Waals surface area (Å²) in [5, 5.41) is 14.2. The highest BCUT2D eigenvalue weighted by molar-refractivity contribution is 6.34. The average Bonchev–Trinajstić information content (AvgIpc) is 2.88. The molecule has 1 amide bonds. The Morgan fingerprint density at radius 2 is 2.04 bits per heavy atom. The van der Waals surface area contributed by atoms with E-state index in [0.717, 1.165) is 44.3 Å². The number of rotatable bonds is 4. The van der Waals surface area contributed by atoms with Crippen LogP contribution in [0.5, 0.6) is 5.75 Å². The Hall–Kier alpha value is -2.01. The maximum Gasteiger partial charge on any atom is 0.276 e. The van der Waals surface area contributed by atoms with Crippen LogP contribution in [0.3, 0.4) is 0 Å². The maximum atomic E-state index is 13.0. The van der Waals surface area contributed by atoms with E-state index in [4.69, 9.17) is 11.6 Å². The monoisotopic (exact) mass is 361 g/mol. The lowest BCUT2D eigenvalue weighted by atomic mass is 9.95. The Morgan fingerprint density at radius 1 is 1.32 bits per heavy atom. The molecule has 25 heavy (non-hydrogen) atoms. The second kappa shape index (κ2) is 7.48. The van der Waals surface area contributed by atoms with E-state index in [9.17, 15) is 9.90 Å². The maximum absolute atomic E-state index is 13.0. The number of phenols is 1. The van der Waals surface area contributed by atoms with Gasteiger partial charge in [0.2, 0.25) is 0 Å². The minimum Gasteiger partial charge on any atom is -0.508 e. The van der Waals surface area contributed by atoms with Crippen LogP contribution in [-0.4, -0.2) is 38.3 Å². The zero-order valence-electron chi connectivity index (χ0n) is 14.7. The van der Waals surface area contributed by atoms with E-state index in [1.807, 2.05) is 24.0 Å². The van der Waals surface area contributed by atoms with Crippen molar-refractivity contribution in [2.45, 2.75) is 45.1 Å². The lowest BCUT2D eigenvalue weighted by molar-refractivity contribution is 0.0595. The number of halogens is 1. The summed E-state index contributed by atoms with van der Waals surface area (Å²) in [6, 6.07) is 7.48. The summed E-state index contributed by atoms with van der Waals surface area (Å²) in [5.41, 5.74) is 2.34. The van der Waals surface area contributed by atoms with E-state index < -0.39 is 0 Å². The molecule has 1 N–H and O–H groups in total. The van der Waals surface area contributed by atoms with Gasteiger partial charge in [-0.3, -0.25) is 9.48 Å². The van der Waals surface area contributed by atoms with Crippen molar-refractivity contribution in [3.8, 4) is 5.75 Å². The normalized spacial score (nSPS) is 17.7. The molecule has 1 fully saturated rings. The molecule has 0 bridgehead atoms. The molecule has 0 saturated carbocycles. The van der Waals surface area contributed by atoms with Gasteiger partial charge < -0.3 is 10.0 Å². The Balaban J connectivity index is 1.72. The first-order valence-corrected chi connectivity index (χ1v) is 9.13. The number of aromatic nitrogens is 2. The topological polar surface area (TPSA) is 58.4 Å². The number of piperidine rings is 1. The number of carbonyl (C=O) groups is 1. The molecule has 3 rings (SSSR count). The molecule has 0 aliphatic carbocycles. The first-order chi connectivity index (χ1) is 12.0. The second-order valence-electron chi connectivity index (χ2n) is 6.72. The number of phenolic OH excluding ortho intramolecular Hbond substituents is 1. The number of aromatic hydroxyl groups is 1. The van der Waals surface area contributed by atoms with Gasteiger partial charge in [0.25, 0.3) is 5.91 Å². The summed E-state index contributed by atoms with van der Waals surface area (Å²) in [6.07, 6.45) is 4.95. The molecule has 1 aliphatic heterocycles. The van der Waals surface area contributed by atoms with Gasteiger partial charge in [0.15, 0.2) is 5.69 Å². The largest absolute Gasteiger partial charge is 0.508 e. The Labute approximate surface area is 153 Å². The summed E-state index contributed by atoms with van der Waals surface area (Å²) >= 11 is 6.31. The molecule has 0 radical (unpaired) electrons. The van der Waals surface area contributed by atoms with Crippen LogP contribution in [0.15, 0.2) is 24.3 Å². The number of carbonyl (C=O) groups excluding carboxylic acids is 1. The van der Waals surface area contributed by atoms with Crippen molar-refractivity contribution >= 4 is 17.5 Å². The van der Waals surface area contributed by atoms with Crippen LogP contribution in [0.25, 0.3) is 0 Å². The summed E-state index contributed by atoms with van der Waals surface area (Å²) in [4.78, 5) is 14.9. The van der Waals surface area contributed by atoms with Crippen molar-refractivity contribution in [3.63, 3.8) is 0 Å². The number of benzene rings is 1. The lowest BCUT2D eigenvalue weighted by Gasteiger charge is -2.35. The minimum absolute atomic E-state index is 0.0656. The number of nitrogens with zero attached hydrogens (tertiary/aromatic N) is 3. The van der Waals surface area contributed by atoms with Crippen LogP contribution in [-0.2, 0) is 13.5 Å². The van der Waals surface area contributed by atoms with E-state index in [0.29, 0.717) is 10.7 Å². The van der Waals surface area contributed by atoms with Crippen molar-refractivity contribution in [1.29, 1.82) is 0 Å². The predicted octanol–water partition coefficient (Wildman–Crippen LogP) is 3.72. The fourth-order valence-corrected chi connectivity index (χ4v) is 3.66. The third-order valence-electron chi connectivity index (χ3n) is 5.05. The molecule has 1 atom stereocenters. The highest BCUT2D eigenvalue weighted by Crippen LogP contribution is 2.27. The van der Waals surface area contributed by atoms with E-state index >= 15 is 0 Å². The fraction of sp³-hybridized carbons (Fsp3) is 0.474. The van der Waals surface area contributed by atoms with E-state index in [-0.39, 0.29) is 17.7 Å². The average molecular weight is 362 g/mol. The first-order valence-electron chi connectivity index (χ1n) is 8.75. The Bertz CT molecular complexity index is 755. The quantitative estimate of drug-likeness (QED) is 0.903. The van der Waals surface area contributed by atoms with Gasteiger partial charge in [0.1, 0.15) is 5.75 Å². The van der Waals surface area contributed by atoms with Crippen LogP contribution < -0.4 is 0 Å². The van der Waals surface area contributed by atoms with Gasteiger partial charge in [-0.2, -0.15) is 5.10 Å².